The van der Waals surface area contributed by atoms with E-state index < -0.39 is 0 Å². The highest BCUT2D eigenvalue weighted by Crippen LogP contribution is 2.04. The average Bonchev–Trinajstić information content (AvgIpc) is 2.30. The summed E-state index contributed by atoms with van der Waals surface area (Å²) in [5.74, 6) is 0.192. The van der Waals surface area contributed by atoms with E-state index in [1.165, 1.54) is 5.56 Å². The van der Waals surface area contributed by atoms with Crippen LogP contribution >= 0.6 is 0 Å². The van der Waals surface area contributed by atoms with Crippen molar-refractivity contribution in [1.29, 1.82) is 0 Å². The molecule has 0 aliphatic heterocycles. The largest absolute Gasteiger partial charge is 0.320 e. The van der Waals surface area contributed by atoms with Gasteiger partial charge in [0.15, 0.2) is 5.78 Å². The molecule has 0 amide bonds. The van der Waals surface area contributed by atoms with Gasteiger partial charge in [0.25, 0.3) is 0 Å². The molecule has 0 saturated heterocycles. The Morgan fingerprint density at radius 1 is 1.29 bits per heavy atom. The van der Waals surface area contributed by atoms with Crippen LogP contribution in [-0.2, 0) is 0 Å². The molecule has 0 aliphatic carbocycles. The molecule has 0 bridgehead atoms. The molecular weight excluding hydrogens is 212 g/mol. The van der Waals surface area contributed by atoms with E-state index in [-0.39, 0.29) is 5.78 Å². The molecular formula is C14H22N2O. The van der Waals surface area contributed by atoms with Crippen LogP contribution in [0.4, 0.5) is 0 Å². The first kappa shape index (κ1) is 13.9. The summed E-state index contributed by atoms with van der Waals surface area (Å²) in [7, 11) is 3.93. The van der Waals surface area contributed by atoms with Gasteiger partial charge in [-0.15, -0.1) is 0 Å². The van der Waals surface area contributed by atoms with Crippen LogP contribution in [0.15, 0.2) is 24.3 Å². The summed E-state index contributed by atoms with van der Waals surface area (Å²) >= 11 is 0. The molecule has 1 aromatic carbocycles. The van der Waals surface area contributed by atoms with Crippen LogP contribution < -0.4 is 5.32 Å². The monoisotopic (exact) mass is 234 g/mol. The number of rotatable bonds is 7. The number of carbonyl (C=O) groups excluding carboxylic acids is 1. The minimum atomic E-state index is 0.192. The van der Waals surface area contributed by atoms with E-state index >= 15 is 0 Å². The van der Waals surface area contributed by atoms with Crippen molar-refractivity contribution in [3.05, 3.63) is 35.4 Å². The molecule has 0 atom stereocenters. The third-order valence-electron chi connectivity index (χ3n) is 2.75. The van der Waals surface area contributed by atoms with Crippen LogP contribution in [0.25, 0.3) is 0 Å². The van der Waals surface area contributed by atoms with Gasteiger partial charge in [0.05, 0.1) is 6.54 Å². The second-order valence-corrected chi connectivity index (χ2v) is 4.48. The maximum absolute atomic E-state index is 11.9. The molecule has 0 saturated carbocycles. The van der Waals surface area contributed by atoms with Gasteiger partial charge in [-0.25, -0.2) is 0 Å². The zero-order valence-corrected chi connectivity index (χ0v) is 11.0. The molecule has 94 valence electrons. The lowest BCUT2D eigenvalue weighted by Gasteiger charge is -2.15. The van der Waals surface area contributed by atoms with Gasteiger partial charge in [-0.3, -0.25) is 9.69 Å². The molecule has 0 heterocycles. The third kappa shape index (κ3) is 5.11. The smallest absolute Gasteiger partial charge is 0.176 e. The van der Waals surface area contributed by atoms with E-state index in [0.29, 0.717) is 6.54 Å². The lowest BCUT2D eigenvalue weighted by atomic mass is 10.1. The van der Waals surface area contributed by atoms with Crippen molar-refractivity contribution in [2.75, 3.05) is 33.7 Å². The summed E-state index contributed by atoms with van der Waals surface area (Å²) in [5.41, 5.74) is 1.99. The number of nitrogens with zero attached hydrogens (tertiary/aromatic N) is 1. The summed E-state index contributed by atoms with van der Waals surface area (Å²) in [5, 5.41) is 3.10. The Hall–Kier alpha value is -1.19. The fraction of sp³-hybridized carbons (Fsp3) is 0.500. The third-order valence-corrected chi connectivity index (χ3v) is 2.75. The summed E-state index contributed by atoms with van der Waals surface area (Å²) in [6, 6.07) is 7.76. The average molecular weight is 234 g/mol. The van der Waals surface area contributed by atoms with Gasteiger partial charge in [0.2, 0.25) is 0 Å². The molecule has 0 aliphatic rings. The summed E-state index contributed by atoms with van der Waals surface area (Å²) in [6.07, 6.45) is 1.06. The van der Waals surface area contributed by atoms with Crippen LogP contribution in [0.5, 0.6) is 0 Å². The summed E-state index contributed by atoms with van der Waals surface area (Å²) in [4.78, 5) is 14.0. The lowest BCUT2D eigenvalue weighted by Crippen LogP contribution is -2.28. The molecule has 3 heteroatoms. The predicted octanol–water partition coefficient (Wildman–Crippen LogP) is 1.72. The van der Waals surface area contributed by atoms with Gasteiger partial charge < -0.3 is 5.32 Å². The maximum Gasteiger partial charge on any atom is 0.176 e. The quantitative estimate of drug-likeness (QED) is 0.576. The zero-order valence-electron chi connectivity index (χ0n) is 11.0. The summed E-state index contributed by atoms with van der Waals surface area (Å²) in [6.45, 7) is 4.45. The first-order valence-electron chi connectivity index (χ1n) is 6.06. The van der Waals surface area contributed by atoms with Crippen LogP contribution in [0.2, 0.25) is 0 Å². The van der Waals surface area contributed by atoms with Crippen molar-refractivity contribution in [2.45, 2.75) is 13.3 Å². The topological polar surface area (TPSA) is 32.3 Å². The lowest BCUT2D eigenvalue weighted by molar-refractivity contribution is 0.0946. The van der Waals surface area contributed by atoms with Gasteiger partial charge in [0.1, 0.15) is 0 Å². The number of nitrogens with one attached hydrogen (secondary N) is 1. The second kappa shape index (κ2) is 7.20. The standard InChI is InChI=1S/C14H22N2O/c1-12-5-7-13(8-6-12)14(17)11-16(3)10-4-9-15-2/h5-8,15H,4,9-11H2,1-3H3. The molecule has 0 fully saturated rings. The molecule has 0 aromatic heterocycles. The molecule has 1 N–H and O–H groups in total. The Labute approximate surface area is 104 Å². The Morgan fingerprint density at radius 3 is 2.53 bits per heavy atom. The molecule has 3 nitrogen and oxygen atoms in total. The van der Waals surface area contributed by atoms with Gasteiger partial charge in [-0.05, 0) is 40.5 Å². The normalized spacial score (nSPS) is 10.8. The highest BCUT2D eigenvalue weighted by Gasteiger charge is 2.08. The fourth-order valence-corrected chi connectivity index (χ4v) is 1.68. The first-order chi connectivity index (χ1) is 8.13. The summed E-state index contributed by atoms with van der Waals surface area (Å²) < 4.78 is 0. The van der Waals surface area contributed by atoms with Crippen LogP contribution in [-0.4, -0.2) is 44.4 Å². The number of ketones is 1. The fourth-order valence-electron chi connectivity index (χ4n) is 1.68. The number of carbonyl (C=O) groups is 1. The first-order valence-corrected chi connectivity index (χ1v) is 6.06. The highest BCUT2D eigenvalue weighted by molar-refractivity contribution is 5.97. The molecule has 0 spiro atoms. The van der Waals surface area contributed by atoms with E-state index in [2.05, 4.69) is 10.2 Å². The highest BCUT2D eigenvalue weighted by atomic mass is 16.1. The van der Waals surface area contributed by atoms with Crippen molar-refractivity contribution in [2.24, 2.45) is 0 Å². The van der Waals surface area contributed by atoms with Crippen LogP contribution in [0, 0.1) is 6.92 Å². The number of benzene rings is 1. The van der Waals surface area contributed by atoms with Crippen molar-refractivity contribution in [1.82, 2.24) is 10.2 Å². The van der Waals surface area contributed by atoms with Crippen molar-refractivity contribution in [3.63, 3.8) is 0 Å². The SMILES string of the molecule is CNCCCN(C)CC(=O)c1ccc(C)cc1. The molecule has 0 unspecified atom stereocenters. The molecule has 0 radical (unpaired) electrons. The van der Waals surface area contributed by atoms with E-state index in [1.807, 2.05) is 45.3 Å². The van der Waals surface area contributed by atoms with Gasteiger partial charge >= 0.3 is 0 Å². The number of hydrogen-bond donors (Lipinski definition) is 1. The molecule has 1 aromatic rings. The zero-order chi connectivity index (χ0) is 12.7. The number of likely N-dealkylation sites (N-methyl/N-ethyl adjacent to an activating group) is 1. The van der Waals surface area contributed by atoms with Crippen molar-refractivity contribution in [3.8, 4) is 0 Å². The number of hydrogen-bond acceptors (Lipinski definition) is 3. The van der Waals surface area contributed by atoms with Crippen LogP contribution in [0.1, 0.15) is 22.3 Å². The Balaban J connectivity index is 2.40. The van der Waals surface area contributed by atoms with Crippen molar-refractivity contribution >= 4 is 5.78 Å². The Bertz CT molecular complexity index is 346. The number of Topliss-reactive ketones (excluding diaryl/α,β-unsaturated/α-hetero) is 1. The maximum atomic E-state index is 11.9. The minimum Gasteiger partial charge on any atom is -0.320 e. The van der Waals surface area contributed by atoms with E-state index in [1.54, 1.807) is 0 Å². The Morgan fingerprint density at radius 2 is 1.94 bits per heavy atom. The van der Waals surface area contributed by atoms with Gasteiger partial charge in [-0.1, -0.05) is 29.8 Å². The van der Waals surface area contributed by atoms with Gasteiger partial charge in [-0.2, -0.15) is 0 Å². The second-order valence-electron chi connectivity index (χ2n) is 4.48. The van der Waals surface area contributed by atoms with E-state index in [4.69, 9.17) is 0 Å². The predicted molar refractivity (Wildman–Crippen MR) is 71.6 cm³/mol. The molecule has 1 rings (SSSR count). The van der Waals surface area contributed by atoms with Gasteiger partial charge in [0, 0.05) is 5.56 Å². The van der Waals surface area contributed by atoms with E-state index in [9.17, 15) is 4.79 Å². The van der Waals surface area contributed by atoms with Crippen LogP contribution in [0.3, 0.4) is 0 Å². The Kier molecular flexibility index (Phi) is 5.87. The minimum absolute atomic E-state index is 0.192. The van der Waals surface area contributed by atoms with Crippen molar-refractivity contribution < 1.29 is 4.79 Å². The number of aryl methyl sites for hydroxylation is 1. The molecule has 17 heavy (non-hydrogen) atoms. The van der Waals surface area contributed by atoms with E-state index in [0.717, 1.165) is 25.1 Å².